The average Bonchev–Trinajstić information content (AvgIpc) is 1.96. The van der Waals surface area contributed by atoms with Crippen LogP contribution in [0.4, 0.5) is 5.69 Å². The zero-order valence-electron chi connectivity index (χ0n) is 6.56. The van der Waals surface area contributed by atoms with Crippen LogP contribution < -0.4 is 5.32 Å². The zero-order valence-corrected chi connectivity index (χ0v) is 9.48. The van der Waals surface area contributed by atoms with Crippen LogP contribution in [0, 0.1) is 3.57 Å². The Kier molecular flexibility index (Phi) is 3.34. The van der Waals surface area contributed by atoms with Crippen LogP contribution in [0.2, 0.25) is 5.15 Å². The van der Waals surface area contributed by atoms with Crippen LogP contribution in [-0.4, -0.2) is 4.98 Å². The van der Waals surface area contributed by atoms with E-state index in [9.17, 15) is 0 Å². The first kappa shape index (κ1) is 9.80. The number of allylic oxidation sites excluding steroid dienone is 1. The van der Waals surface area contributed by atoms with Crippen molar-refractivity contribution in [2.24, 2.45) is 0 Å². The fourth-order valence-corrected chi connectivity index (χ4v) is 1.33. The molecule has 0 radical (unpaired) electrons. The molecular formula is C8H8ClIN2. The van der Waals surface area contributed by atoms with E-state index in [-0.39, 0.29) is 0 Å². The highest BCUT2D eigenvalue weighted by Crippen LogP contribution is 2.21. The van der Waals surface area contributed by atoms with E-state index in [0.717, 1.165) is 15.0 Å². The maximum atomic E-state index is 5.72. The SMILES string of the molecule is C=C(C)Nc1cc(Cl)ncc1I. The second kappa shape index (κ2) is 4.09. The third-order valence-electron chi connectivity index (χ3n) is 1.17. The average molecular weight is 295 g/mol. The molecule has 0 saturated heterocycles. The van der Waals surface area contributed by atoms with Gasteiger partial charge in [-0.1, -0.05) is 18.2 Å². The van der Waals surface area contributed by atoms with Crippen molar-refractivity contribution in [2.45, 2.75) is 6.92 Å². The molecule has 64 valence electrons. The number of aromatic nitrogens is 1. The van der Waals surface area contributed by atoms with E-state index >= 15 is 0 Å². The molecule has 1 rings (SSSR count). The Morgan fingerprint density at radius 1 is 1.75 bits per heavy atom. The van der Waals surface area contributed by atoms with Crippen LogP contribution in [-0.2, 0) is 0 Å². The Hall–Kier alpha value is -0.290. The van der Waals surface area contributed by atoms with Gasteiger partial charge in [-0.25, -0.2) is 4.98 Å². The minimum Gasteiger partial charge on any atom is -0.359 e. The van der Waals surface area contributed by atoms with E-state index < -0.39 is 0 Å². The number of nitrogens with zero attached hydrogens (tertiary/aromatic N) is 1. The van der Waals surface area contributed by atoms with Gasteiger partial charge in [-0.2, -0.15) is 0 Å². The molecule has 1 N–H and O–H groups in total. The van der Waals surface area contributed by atoms with Gasteiger partial charge in [0.15, 0.2) is 0 Å². The third-order valence-corrected chi connectivity index (χ3v) is 2.24. The van der Waals surface area contributed by atoms with Crippen molar-refractivity contribution in [2.75, 3.05) is 5.32 Å². The van der Waals surface area contributed by atoms with Crippen LogP contribution >= 0.6 is 34.2 Å². The molecule has 0 fully saturated rings. The number of anilines is 1. The van der Waals surface area contributed by atoms with Crippen molar-refractivity contribution in [1.29, 1.82) is 0 Å². The first-order valence-corrected chi connectivity index (χ1v) is 4.79. The number of nitrogens with one attached hydrogen (secondary N) is 1. The number of hydrogen-bond acceptors (Lipinski definition) is 2. The first-order chi connectivity index (χ1) is 5.59. The molecule has 1 aromatic rings. The lowest BCUT2D eigenvalue weighted by Gasteiger charge is -2.06. The summed E-state index contributed by atoms with van der Waals surface area (Å²) in [6.45, 7) is 5.64. The first-order valence-electron chi connectivity index (χ1n) is 3.33. The van der Waals surface area contributed by atoms with Gasteiger partial charge in [-0.3, -0.25) is 0 Å². The van der Waals surface area contributed by atoms with Gasteiger partial charge < -0.3 is 5.32 Å². The molecule has 4 heteroatoms. The van der Waals surface area contributed by atoms with Gasteiger partial charge >= 0.3 is 0 Å². The number of hydrogen-bond donors (Lipinski definition) is 1. The lowest BCUT2D eigenvalue weighted by atomic mass is 10.4. The van der Waals surface area contributed by atoms with Crippen molar-refractivity contribution >= 4 is 39.9 Å². The summed E-state index contributed by atoms with van der Waals surface area (Å²) in [5, 5.41) is 3.57. The van der Waals surface area contributed by atoms with Gasteiger partial charge in [0.25, 0.3) is 0 Å². The monoisotopic (exact) mass is 294 g/mol. The molecule has 0 spiro atoms. The Morgan fingerprint density at radius 2 is 2.42 bits per heavy atom. The summed E-state index contributed by atoms with van der Waals surface area (Å²) in [6.07, 6.45) is 1.72. The quantitative estimate of drug-likeness (QED) is 0.669. The largest absolute Gasteiger partial charge is 0.359 e. The number of pyridine rings is 1. The topological polar surface area (TPSA) is 24.9 Å². The molecule has 0 aliphatic heterocycles. The van der Waals surface area contributed by atoms with Gasteiger partial charge in [0.05, 0.1) is 9.26 Å². The van der Waals surface area contributed by atoms with E-state index in [4.69, 9.17) is 11.6 Å². The molecule has 1 heterocycles. The lowest BCUT2D eigenvalue weighted by Crippen LogP contribution is -1.96. The highest BCUT2D eigenvalue weighted by Gasteiger charge is 2.00. The molecular weight excluding hydrogens is 286 g/mol. The van der Waals surface area contributed by atoms with Crippen molar-refractivity contribution in [3.63, 3.8) is 0 Å². The van der Waals surface area contributed by atoms with Crippen LogP contribution in [0.1, 0.15) is 6.92 Å². The molecule has 0 bridgehead atoms. The summed E-state index contributed by atoms with van der Waals surface area (Å²) < 4.78 is 1.03. The molecule has 0 unspecified atom stereocenters. The highest BCUT2D eigenvalue weighted by atomic mass is 127. The van der Waals surface area contributed by atoms with E-state index in [1.807, 2.05) is 6.92 Å². The number of rotatable bonds is 2. The summed E-state index contributed by atoms with van der Waals surface area (Å²) >= 11 is 7.90. The normalized spacial score (nSPS) is 9.58. The second-order valence-corrected chi connectivity index (χ2v) is 3.94. The van der Waals surface area contributed by atoms with Gasteiger partial charge in [0.2, 0.25) is 0 Å². The Labute approximate surface area is 90.2 Å². The predicted molar refractivity (Wildman–Crippen MR) is 60.4 cm³/mol. The Balaban J connectivity index is 2.97. The molecule has 2 nitrogen and oxygen atoms in total. The van der Waals surface area contributed by atoms with Crippen molar-refractivity contribution in [1.82, 2.24) is 4.98 Å². The standard InChI is InChI=1S/C8H8ClIN2/c1-5(2)12-7-3-8(9)11-4-6(7)10/h3-4H,1H2,2H3,(H,11,12). The maximum absolute atomic E-state index is 5.72. The van der Waals surface area contributed by atoms with E-state index in [2.05, 4.69) is 39.5 Å². The summed E-state index contributed by atoms with van der Waals surface area (Å²) in [7, 11) is 0. The molecule has 1 aromatic heterocycles. The van der Waals surface area contributed by atoms with Gasteiger partial charge in [-0.15, -0.1) is 0 Å². The molecule has 0 amide bonds. The molecule has 0 saturated carbocycles. The van der Waals surface area contributed by atoms with Gasteiger partial charge in [-0.05, 0) is 29.5 Å². The molecule has 0 aliphatic rings. The van der Waals surface area contributed by atoms with Crippen molar-refractivity contribution in [3.8, 4) is 0 Å². The third kappa shape index (κ3) is 2.64. The van der Waals surface area contributed by atoms with Crippen LogP contribution in [0.25, 0.3) is 0 Å². The van der Waals surface area contributed by atoms with Gasteiger partial charge in [0, 0.05) is 18.0 Å². The fraction of sp³-hybridized carbons (Fsp3) is 0.125. The predicted octanol–water partition coefficient (Wildman–Crippen LogP) is 3.29. The van der Waals surface area contributed by atoms with E-state index in [1.54, 1.807) is 12.3 Å². The molecule has 0 aromatic carbocycles. The summed E-state index contributed by atoms with van der Waals surface area (Å²) in [5.74, 6) is 0. The highest BCUT2D eigenvalue weighted by molar-refractivity contribution is 14.1. The van der Waals surface area contributed by atoms with Crippen molar-refractivity contribution < 1.29 is 0 Å². The molecule has 0 aliphatic carbocycles. The molecule has 12 heavy (non-hydrogen) atoms. The Bertz CT molecular complexity index is 312. The van der Waals surface area contributed by atoms with Crippen LogP contribution in [0.5, 0.6) is 0 Å². The lowest BCUT2D eigenvalue weighted by molar-refractivity contribution is 1.28. The fourth-order valence-electron chi connectivity index (χ4n) is 0.739. The maximum Gasteiger partial charge on any atom is 0.131 e. The van der Waals surface area contributed by atoms with Crippen LogP contribution in [0.15, 0.2) is 24.5 Å². The Morgan fingerprint density at radius 3 is 3.00 bits per heavy atom. The van der Waals surface area contributed by atoms with E-state index in [0.29, 0.717) is 5.15 Å². The van der Waals surface area contributed by atoms with E-state index in [1.165, 1.54) is 0 Å². The smallest absolute Gasteiger partial charge is 0.131 e. The summed E-state index contributed by atoms with van der Waals surface area (Å²) in [5.41, 5.74) is 1.83. The summed E-state index contributed by atoms with van der Waals surface area (Å²) in [4.78, 5) is 3.93. The second-order valence-electron chi connectivity index (χ2n) is 2.39. The molecule has 0 atom stereocenters. The minimum absolute atomic E-state index is 0.485. The van der Waals surface area contributed by atoms with Crippen molar-refractivity contribution in [3.05, 3.63) is 33.3 Å². The van der Waals surface area contributed by atoms with Crippen LogP contribution in [0.3, 0.4) is 0 Å². The van der Waals surface area contributed by atoms with Gasteiger partial charge in [0.1, 0.15) is 5.15 Å². The zero-order chi connectivity index (χ0) is 9.14. The number of halogens is 2. The minimum atomic E-state index is 0.485. The summed E-state index contributed by atoms with van der Waals surface area (Å²) in [6, 6.07) is 1.78.